The van der Waals surface area contributed by atoms with E-state index in [9.17, 15) is 0 Å². The molecule has 2 N–H and O–H groups in total. The van der Waals surface area contributed by atoms with E-state index >= 15 is 0 Å². The lowest BCUT2D eigenvalue weighted by Gasteiger charge is -2.11. The summed E-state index contributed by atoms with van der Waals surface area (Å²) in [6.45, 7) is 8.39. The second-order valence-corrected chi connectivity index (χ2v) is 6.99. The van der Waals surface area contributed by atoms with Crippen molar-refractivity contribution in [1.82, 2.24) is 20.6 Å². The van der Waals surface area contributed by atoms with Crippen molar-refractivity contribution in [2.45, 2.75) is 40.2 Å². The molecule has 0 aliphatic heterocycles. The number of rotatable bonds is 8. The normalized spacial score (nSPS) is 11.0. The van der Waals surface area contributed by atoms with E-state index in [4.69, 9.17) is 4.74 Å². The highest BCUT2D eigenvalue weighted by atomic mass is 127. The second kappa shape index (κ2) is 12.1. The number of hydrogen-bond donors (Lipinski definition) is 2. The molecular formula is C18H28IN5OS. The number of thiazole rings is 1. The highest BCUT2D eigenvalue weighted by Gasteiger charge is 2.04. The molecule has 0 bridgehead atoms. The fraction of sp³-hybridized carbons (Fsp3) is 0.500. The monoisotopic (exact) mass is 489 g/mol. The number of aryl methyl sites for hydroxylation is 2. The molecular weight excluding hydrogens is 461 g/mol. The van der Waals surface area contributed by atoms with Crippen LogP contribution in [0.25, 0.3) is 0 Å². The van der Waals surface area contributed by atoms with Gasteiger partial charge in [-0.05, 0) is 25.8 Å². The molecule has 0 aliphatic carbocycles. The maximum absolute atomic E-state index is 5.49. The van der Waals surface area contributed by atoms with Crippen molar-refractivity contribution in [2.24, 2.45) is 4.99 Å². The molecule has 6 nitrogen and oxygen atoms in total. The Balaban J connectivity index is 0.00000338. The number of pyridine rings is 1. The maximum Gasteiger partial charge on any atom is 0.213 e. The minimum Gasteiger partial charge on any atom is -0.478 e. The zero-order chi connectivity index (χ0) is 18.1. The lowest BCUT2D eigenvalue weighted by molar-refractivity contribution is 0.305. The van der Waals surface area contributed by atoms with Gasteiger partial charge in [-0.3, -0.25) is 4.99 Å². The molecule has 0 amide bonds. The summed E-state index contributed by atoms with van der Waals surface area (Å²) < 4.78 is 5.49. The molecule has 0 spiro atoms. The van der Waals surface area contributed by atoms with Gasteiger partial charge < -0.3 is 15.4 Å². The van der Waals surface area contributed by atoms with Gasteiger partial charge in [-0.25, -0.2) is 9.97 Å². The molecule has 2 rings (SSSR count). The van der Waals surface area contributed by atoms with Gasteiger partial charge in [0.2, 0.25) is 5.88 Å². The van der Waals surface area contributed by atoms with Crippen LogP contribution in [0.3, 0.4) is 0 Å². The Morgan fingerprint density at radius 3 is 2.65 bits per heavy atom. The van der Waals surface area contributed by atoms with Crippen molar-refractivity contribution in [2.75, 3.05) is 20.2 Å². The standard InChI is InChI=1S/C18H27N5OS.HI/c1-5-10-24-16-7-6-15(11-21-16)12-22-18(19-4)20-9-8-17-23-13(2)14(3)25-17;/h6-7,11H,5,8-10,12H2,1-4H3,(H2,19,20,22);1H. The zero-order valence-corrected chi connectivity index (χ0v) is 19.0. The second-order valence-electron chi connectivity index (χ2n) is 5.70. The Bertz CT molecular complexity index is 668. The summed E-state index contributed by atoms with van der Waals surface area (Å²) in [5.74, 6) is 1.44. The van der Waals surface area contributed by atoms with E-state index in [-0.39, 0.29) is 24.0 Å². The third kappa shape index (κ3) is 7.45. The number of aromatic nitrogens is 2. The van der Waals surface area contributed by atoms with E-state index in [0.29, 0.717) is 19.0 Å². The van der Waals surface area contributed by atoms with E-state index in [2.05, 4.69) is 46.4 Å². The molecule has 0 aliphatic rings. The predicted octanol–water partition coefficient (Wildman–Crippen LogP) is 3.47. The van der Waals surface area contributed by atoms with Crippen LogP contribution < -0.4 is 15.4 Å². The highest BCUT2D eigenvalue weighted by Crippen LogP contribution is 2.16. The van der Waals surface area contributed by atoms with Crippen LogP contribution in [0.1, 0.15) is 34.5 Å². The predicted molar refractivity (Wildman–Crippen MR) is 119 cm³/mol. The van der Waals surface area contributed by atoms with Crippen molar-refractivity contribution >= 4 is 41.3 Å². The number of nitrogens with zero attached hydrogens (tertiary/aromatic N) is 3. The van der Waals surface area contributed by atoms with Crippen molar-refractivity contribution in [3.05, 3.63) is 39.5 Å². The van der Waals surface area contributed by atoms with Crippen LogP contribution in [0.2, 0.25) is 0 Å². The summed E-state index contributed by atoms with van der Waals surface area (Å²) in [5, 5.41) is 7.77. The Hall–Kier alpha value is -1.42. The van der Waals surface area contributed by atoms with Crippen LogP contribution in [0.5, 0.6) is 5.88 Å². The molecule has 0 aromatic carbocycles. The summed E-state index contributed by atoms with van der Waals surface area (Å²) in [6, 6.07) is 3.91. The quantitative estimate of drug-likeness (QED) is 0.338. The number of aliphatic imine (C=N–C) groups is 1. The van der Waals surface area contributed by atoms with Crippen molar-refractivity contribution in [3.63, 3.8) is 0 Å². The summed E-state index contributed by atoms with van der Waals surface area (Å²) in [4.78, 5) is 14.4. The number of ether oxygens (including phenoxy) is 1. The molecule has 26 heavy (non-hydrogen) atoms. The number of guanidine groups is 1. The van der Waals surface area contributed by atoms with Crippen LogP contribution in [0.15, 0.2) is 23.3 Å². The smallest absolute Gasteiger partial charge is 0.213 e. The minimum absolute atomic E-state index is 0. The molecule has 2 aromatic heterocycles. The molecule has 0 fully saturated rings. The first-order valence-corrected chi connectivity index (χ1v) is 9.39. The average Bonchev–Trinajstić information content (AvgIpc) is 2.94. The molecule has 0 saturated carbocycles. The summed E-state index contributed by atoms with van der Waals surface area (Å²) in [7, 11) is 1.77. The molecule has 0 radical (unpaired) electrons. The highest BCUT2D eigenvalue weighted by molar-refractivity contribution is 14.0. The Labute approximate surface area is 176 Å². The number of nitrogens with one attached hydrogen (secondary N) is 2. The van der Waals surface area contributed by atoms with Crippen LogP contribution in [0, 0.1) is 13.8 Å². The van der Waals surface area contributed by atoms with Gasteiger partial charge in [-0.1, -0.05) is 13.0 Å². The van der Waals surface area contributed by atoms with Crippen LogP contribution >= 0.6 is 35.3 Å². The van der Waals surface area contributed by atoms with E-state index in [0.717, 1.165) is 41.6 Å². The Morgan fingerprint density at radius 2 is 2.08 bits per heavy atom. The van der Waals surface area contributed by atoms with Gasteiger partial charge in [0.25, 0.3) is 0 Å². The van der Waals surface area contributed by atoms with E-state index in [1.165, 1.54) is 4.88 Å². The lowest BCUT2D eigenvalue weighted by atomic mass is 10.3. The first kappa shape index (κ1) is 22.6. The summed E-state index contributed by atoms with van der Waals surface area (Å²) >= 11 is 1.76. The Morgan fingerprint density at radius 1 is 1.27 bits per heavy atom. The van der Waals surface area contributed by atoms with Gasteiger partial charge in [0.15, 0.2) is 5.96 Å². The summed E-state index contributed by atoms with van der Waals surface area (Å²) in [6.07, 6.45) is 3.70. The zero-order valence-electron chi connectivity index (χ0n) is 15.8. The fourth-order valence-electron chi connectivity index (χ4n) is 2.15. The minimum atomic E-state index is 0. The van der Waals surface area contributed by atoms with Crippen molar-refractivity contribution < 1.29 is 4.74 Å². The van der Waals surface area contributed by atoms with E-state index in [1.807, 2.05) is 18.3 Å². The molecule has 0 saturated heterocycles. The molecule has 0 atom stereocenters. The number of hydrogen-bond acceptors (Lipinski definition) is 5. The van der Waals surface area contributed by atoms with Gasteiger partial charge in [0.1, 0.15) is 0 Å². The molecule has 2 aromatic rings. The molecule has 2 heterocycles. The van der Waals surface area contributed by atoms with Gasteiger partial charge in [-0.15, -0.1) is 35.3 Å². The summed E-state index contributed by atoms with van der Waals surface area (Å²) in [5.41, 5.74) is 2.21. The van der Waals surface area contributed by atoms with E-state index in [1.54, 1.807) is 18.4 Å². The van der Waals surface area contributed by atoms with Crippen LogP contribution in [-0.4, -0.2) is 36.1 Å². The van der Waals surface area contributed by atoms with Gasteiger partial charge in [0, 0.05) is 43.7 Å². The van der Waals surface area contributed by atoms with Crippen molar-refractivity contribution in [1.29, 1.82) is 0 Å². The third-order valence-electron chi connectivity index (χ3n) is 3.64. The average molecular weight is 489 g/mol. The largest absolute Gasteiger partial charge is 0.478 e. The van der Waals surface area contributed by atoms with Gasteiger partial charge in [-0.2, -0.15) is 0 Å². The molecule has 0 unspecified atom stereocenters. The fourth-order valence-corrected chi connectivity index (χ4v) is 3.08. The topological polar surface area (TPSA) is 71.4 Å². The Kier molecular flexibility index (Phi) is 10.5. The van der Waals surface area contributed by atoms with E-state index < -0.39 is 0 Å². The third-order valence-corrected chi connectivity index (χ3v) is 4.77. The number of halogens is 1. The lowest BCUT2D eigenvalue weighted by Crippen LogP contribution is -2.37. The SMILES string of the molecule is CCCOc1ccc(CNC(=NC)NCCc2nc(C)c(C)s2)cn1.I. The maximum atomic E-state index is 5.49. The first-order chi connectivity index (χ1) is 12.1. The van der Waals surface area contributed by atoms with Gasteiger partial charge >= 0.3 is 0 Å². The molecule has 144 valence electrons. The first-order valence-electron chi connectivity index (χ1n) is 8.57. The van der Waals surface area contributed by atoms with Gasteiger partial charge in [0.05, 0.1) is 17.3 Å². The van der Waals surface area contributed by atoms with Crippen LogP contribution in [0.4, 0.5) is 0 Å². The molecule has 8 heteroatoms. The van der Waals surface area contributed by atoms with Crippen LogP contribution in [-0.2, 0) is 13.0 Å². The van der Waals surface area contributed by atoms with Crippen molar-refractivity contribution in [3.8, 4) is 5.88 Å².